The largest absolute Gasteiger partial charge is 0.368 e. The zero-order chi connectivity index (χ0) is 12.3. The van der Waals surface area contributed by atoms with Gasteiger partial charge in [0.2, 0.25) is 5.95 Å². The van der Waals surface area contributed by atoms with Gasteiger partial charge in [-0.15, -0.1) is 0 Å². The van der Waals surface area contributed by atoms with Crippen LogP contribution in [0.4, 0.5) is 17.5 Å². The molecule has 5 heteroatoms. The average Bonchev–Trinajstić information content (AvgIpc) is 2.34. The highest BCUT2D eigenvalue weighted by molar-refractivity contribution is 9.10. The van der Waals surface area contributed by atoms with Crippen LogP contribution in [0, 0.1) is 0 Å². The van der Waals surface area contributed by atoms with Gasteiger partial charge in [0.1, 0.15) is 5.82 Å². The first kappa shape index (κ1) is 11.9. The minimum atomic E-state index is 0.254. The van der Waals surface area contributed by atoms with E-state index < -0.39 is 0 Å². The molecule has 0 unspecified atom stereocenters. The molecule has 1 aromatic heterocycles. The van der Waals surface area contributed by atoms with Gasteiger partial charge < -0.3 is 11.1 Å². The molecular weight excluding hydrogens is 280 g/mol. The predicted octanol–water partition coefficient (Wildman–Crippen LogP) is 3.13. The molecule has 0 bridgehead atoms. The van der Waals surface area contributed by atoms with Crippen molar-refractivity contribution in [2.75, 3.05) is 11.1 Å². The number of aryl methyl sites for hydroxylation is 1. The van der Waals surface area contributed by atoms with Crippen molar-refractivity contribution in [3.05, 3.63) is 40.5 Å². The van der Waals surface area contributed by atoms with Crippen LogP contribution >= 0.6 is 15.9 Å². The molecule has 2 aromatic rings. The normalized spacial score (nSPS) is 10.2. The van der Waals surface area contributed by atoms with E-state index in [1.807, 2.05) is 18.2 Å². The van der Waals surface area contributed by atoms with Gasteiger partial charge in [-0.3, -0.25) is 0 Å². The quantitative estimate of drug-likeness (QED) is 0.912. The van der Waals surface area contributed by atoms with Crippen LogP contribution in [0.1, 0.15) is 12.5 Å². The molecule has 0 aliphatic heterocycles. The fraction of sp³-hybridized carbons (Fsp3) is 0.167. The second-order valence-corrected chi connectivity index (χ2v) is 4.41. The number of hydrogen-bond acceptors (Lipinski definition) is 4. The zero-order valence-electron chi connectivity index (χ0n) is 9.44. The minimum Gasteiger partial charge on any atom is -0.368 e. The topological polar surface area (TPSA) is 63.8 Å². The number of anilines is 3. The van der Waals surface area contributed by atoms with Crippen LogP contribution in [0.2, 0.25) is 0 Å². The fourth-order valence-electron chi connectivity index (χ4n) is 1.55. The van der Waals surface area contributed by atoms with Crippen molar-refractivity contribution in [1.82, 2.24) is 9.97 Å². The summed E-state index contributed by atoms with van der Waals surface area (Å²) in [6.07, 6.45) is 2.60. The molecular formula is C12H13BrN4. The molecule has 0 aliphatic rings. The van der Waals surface area contributed by atoms with Gasteiger partial charge in [0.05, 0.1) is 4.47 Å². The van der Waals surface area contributed by atoms with Crippen molar-refractivity contribution in [1.29, 1.82) is 0 Å². The number of nitrogens with one attached hydrogen (secondary N) is 1. The summed E-state index contributed by atoms with van der Waals surface area (Å²) in [6, 6.07) is 8.11. The van der Waals surface area contributed by atoms with Crippen LogP contribution < -0.4 is 11.1 Å². The van der Waals surface area contributed by atoms with Crippen LogP contribution in [-0.4, -0.2) is 9.97 Å². The van der Waals surface area contributed by atoms with Crippen LogP contribution in [0.15, 0.2) is 34.9 Å². The first-order valence-corrected chi connectivity index (χ1v) is 6.13. The summed E-state index contributed by atoms with van der Waals surface area (Å²) in [5, 5.41) is 3.25. The smallest absolute Gasteiger partial charge is 0.222 e. The number of aromatic nitrogens is 2. The van der Waals surface area contributed by atoms with E-state index in [9.17, 15) is 0 Å². The van der Waals surface area contributed by atoms with E-state index in [4.69, 9.17) is 5.73 Å². The van der Waals surface area contributed by atoms with Crippen LogP contribution in [0.5, 0.6) is 0 Å². The van der Waals surface area contributed by atoms with Crippen molar-refractivity contribution < 1.29 is 0 Å². The summed E-state index contributed by atoms with van der Waals surface area (Å²) < 4.78 is 0.789. The number of para-hydroxylation sites is 1. The van der Waals surface area contributed by atoms with Crippen molar-refractivity contribution >= 4 is 33.4 Å². The van der Waals surface area contributed by atoms with Gasteiger partial charge in [0, 0.05) is 11.9 Å². The predicted molar refractivity (Wildman–Crippen MR) is 73.2 cm³/mol. The number of benzene rings is 1. The van der Waals surface area contributed by atoms with Gasteiger partial charge in [-0.25, -0.2) is 4.98 Å². The highest BCUT2D eigenvalue weighted by Gasteiger charge is 2.05. The lowest BCUT2D eigenvalue weighted by Gasteiger charge is -2.11. The molecule has 0 aliphatic carbocycles. The Morgan fingerprint density at radius 1 is 1.35 bits per heavy atom. The van der Waals surface area contributed by atoms with E-state index in [2.05, 4.69) is 44.2 Å². The van der Waals surface area contributed by atoms with Crippen LogP contribution in [0.25, 0.3) is 0 Å². The second kappa shape index (κ2) is 5.14. The standard InChI is InChI=1S/C12H13BrN4/c1-2-8-5-3-4-6-10(8)16-11-9(13)7-15-12(14)17-11/h3-7H,2H2,1H3,(H3,14,15,16,17). The Balaban J connectivity index is 2.34. The van der Waals surface area contributed by atoms with Crippen molar-refractivity contribution in [3.63, 3.8) is 0 Å². The second-order valence-electron chi connectivity index (χ2n) is 3.56. The number of halogens is 1. The summed E-state index contributed by atoms with van der Waals surface area (Å²) in [6.45, 7) is 2.11. The lowest BCUT2D eigenvalue weighted by Crippen LogP contribution is -2.02. The molecule has 0 spiro atoms. The zero-order valence-corrected chi connectivity index (χ0v) is 11.0. The summed E-state index contributed by atoms with van der Waals surface area (Å²) >= 11 is 3.39. The molecule has 17 heavy (non-hydrogen) atoms. The Bertz CT molecular complexity index is 528. The number of rotatable bonds is 3. The van der Waals surface area contributed by atoms with E-state index in [0.717, 1.165) is 16.6 Å². The Morgan fingerprint density at radius 3 is 2.88 bits per heavy atom. The molecule has 1 aromatic carbocycles. The SMILES string of the molecule is CCc1ccccc1Nc1nc(N)ncc1Br. The van der Waals surface area contributed by atoms with E-state index in [1.165, 1.54) is 5.56 Å². The maximum Gasteiger partial charge on any atom is 0.222 e. The van der Waals surface area contributed by atoms with Gasteiger partial charge in [-0.1, -0.05) is 25.1 Å². The summed E-state index contributed by atoms with van der Waals surface area (Å²) in [7, 11) is 0. The van der Waals surface area contributed by atoms with Crippen LogP contribution in [0.3, 0.4) is 0 Å². The number of nitrogen functional groups attached to an aromatic ring is 1. The molecule has 88 valence electrons. The third-order valence-corrected chi connectivity index (χ3v) is 2.99. The van der Waals surface area contributed by atoms with E-state index in [0.29, 0.717) is 5.82 Å². The lowest BCUT2D eigenvalue weighted by molar-refractivity contribution is 1.13. The lowest BCUT2D eigenvalue weighted by atomic mass is 10.1. The molecule has 4 nitrogen and oxygen atoms in total. The van der Waals surface area contributed by atoms with Crippen LogP contribution in [-0.2, 0) is 6.42 Å². The van der Waals surface area contributed by atoms with Gasteiger partial charge in [-0.2, -0.15) is 4.98 Å². The third-order valence-electron chi connectivity index (χ3n) is 2.41. The Morgan fingerprint density at radius 2 is 2.12 bits per heavy atom. The minimum absolute atomic E-state index is 0.254. The number of nitrogens with two attached hydrogens (primary N) is 1. The molecule has 0 radical (unpaired) electrons. The van der Waals surface area contributed by atoms with Crippen molar-refractivity contribution in [3.8, 4) is 0 Å². The van der Waals surface area contributed by atoms with Gasteiger partial charge in [0.15, 0.2) is 0 Å². The van der Waals surface area contributed by atoms with Gasteiger partial charge >= 0.3 is 0 Å². The summed E-state index contributed by atoms with van der Waals surface area (Å²) in [5.41, 5.74) is 7.84. The molecule has 0 amide bonds. The van der Waals surface area contributed by atoms with E-state index >= 15 is 0 Å². The maximum absolute atomic E-state index is 5.57. The molecule has 0 atom stereocenters. The highest BCUT2D eigenvalue weighted by Crippen LogP contribution is 2.25. The Labute approximate surface area is 108 Å². The molecule has 0 fully saturated rings. The molecule has 1 heterocycles. The van der Waals surface area contributed by atoms with E-state index in [1.54, 1.807) is 6.20 Å². The highest BCUT2D eigenvalue weighted by atomic mass is 79.9. The maximum atomic E-state index is 5.57. The number of hydrogen-bond donors (Lipinski definition) is 2. The molecule has 2 rings (SSSR count). The summed E-state index contributed by atoms with van der Waals surface area (Å²) in [4.78, 5) is 8.06. The fourth-order valence-corrected chi connectivity index (χ4v) is 1.84. The van der Waals surface area contributed by atoms with Gasteiger partial charge in [-0.05, 0) is 34.0 Å². The third kappa shape index (κ3) is 2.74. The van der Waals surface area contributed by atoms with Crippen molar-refractivity contribution in [2.24, 2.45) is 0 Å². The molecule has 0 saturated carbocycles. The van der Waals surface area contributed by atoms with Gasteiger partial charge in [0.25, 0.3) is 0 Å². The molecule has 3 N–H and O–H groups in total. The summed E-state index contributed by atoms with van der Waals surface area (Å²) in [5.74, 6) is 0.933. The Hall–Kier alpha value is -1.62. The number of nitrogens with zero attached hydrogens (tertiary/aromatic N) is 2. The first-order valence-electron chi connectivity index (χ1n) is 5.33. The average molecular weight is 293 g/mol. The monoisotopic (exact) mass is 292 g/mol. The first-order chi connectivity index (χ1) is 8.20. The Kier molecular flexibility index (Phi) is 3.58. The van der Waals surface area contributed by atoms with Crippen molar-refractivity contribution in [2.45, 2.75) is 13.3 Å². The van der Waals surface area contributed by atoms with E-state index in [-0.39, 0.29) is 5.95 Å². The molecule has 0 saturated heterocycles.